The van der Waals surface area contributed by atoms with E-state index in [-0.39, 0.29) is 17.4 Å². The number of nitrogens with one attached hydrogen (secondary N) is 1. The minimum atomic E-state index is -0.612. The number of nitrogens with zero attached hydrogens (tertiary/aromatic N) is 2. The first kappa shape index (κ1) is 14.4. The van der Waals surface area contributed by atoms with E-state index in [1.807, 2.05) is 6.92 Å². The number of rotatable bonds is 7. The van der Waals surface area contributed by atoms with Crippen molar-refractivity contribution in [3.8, 4) is 0 Å². The van der Waals surface area contributed by atoms with E-state index in [0.717, 1.165) is 25.5 Å². The van der Waals surface area contributed by atoms with Gasteiger partial charge in [-0.15, -0.1) is 0 Å². The molecule has 1 N–H and O–H groups in total. The minimum Gasteiger partial charge on any atom is -0.314 e. The van der Waals surface area contributed by atoms with Gasteiger partial charge in [-0.3, -0.25) is 20.2 Å². The Labute approximate surface area is 116 Å². The largest absolute Gasteiger partial charge is 0.314 e. The van der Waals surface area contributed by atoms with Crippen molar-refractivity contribution in [2.75, 3.05) is 6.54 Å². The zero-order valence-electron chi connectivity index (χ0n) is 11.2. The van der Waals surface area contributed by atoms with Gasteiger partial charge in [0.2, 0.25) is 0 Å². The molecule has 0 aliphatic heterocycles. The SMILES string of the molecule is CCNC(Cc1ccc([N+](=O)[O-])cc1[N+](=O)[O-])C1CC1. The lowest BCUT2D eigenvalue weighted by Crippen LogP contribution is -2.33. The predicted molar refractivity (Wildman–Crippen MR) is 73.6 cm³/mol. The van der Waals surface area contributed by atoms with E-state index in [0.29, 0.717) is 17.9 Å². The normalized spacial score (nSPS) is 15.8. The highest BCUT2D eigenvalue weighted by Gasteiger charge is 2.32. The molecule has 7 nitrogen and oxygen atoms in total. The molecule has 0 heterocycles. The van der Waals surface area contributed by atoms with Gasteiger partial charge in [0.25, 0.3) is 11.4 Å². The Bertz CT molecular complexity index is 528. The predicted octanol–water partition coefficient (Wildman–Crippen LogP) is 2.43. The minimum absolute atomic E-state index is 0.164. The molecule has 1 aromatic carbocycles. The number of benzene rings is 1. The lowest BCUT2D eigenvalue weighted by Gasteiger charge is -2.17. The molecule has 0 amide bonds. The van der Waals surface area contributed by atoms with Gasteiger partial charge in [0.05, 0.1) is 15.9 Å². The fourth-order valence-corrected chi connectivity index (χ4v) is 2.41. The maximum absolute atomic E-state index is 11.1. The second-order valence-electron chi connectivity index (χ2n) is 5.03. The number of hydrogen-bond acceptors (Lipinski definition) is 5. The van der Waals surface area contributed by atoms with Crippen molar-refractivity contribution in [3.05, 3.63) is 44.0 Å². The molecule has 1 aliphatic rings. The Balaban J connectivity index is 2.25. The molecule has 1 atom stereocenters. The van der Waals surface area contributed by atoms with Crippen LogP contribution < -0.4 is 5.32 Å². The summed E-state index contributed by atoms with van der Waals surface area (Å²) in [4.78, 5) is 20.6. The number of nitro benzene ring substituents is 2. The van der Waals surface area contributed by atoms with Crippen LogP contribution in [0.3, 0.4) is 0 Å². The molecule has 0 aromatic heterocycles. The lowest BCUT2D eigenvalue weighted by molar-refractivity contribution is -0.394. The molecular weight excluding hydrogens is 262 g/mol. The molecule has 2 rings (SSSR count). The molecule has 20 heavy (non-hydrogen) atoms. The first-order valence-corrected chi connectivity index (χ1v) is 6.68. The second-order valence-corrected chi connectivity index (χ2v) is 5.03. The van der Waals surface area contributed by atoms with Gasteiger partial charge in [-0.25, -0.2) is 0 Å². The van der Waals surface area contributed by atoms with Gasteiger partial charge in [-0.2, -0.15) is 0 Å². The van der Waals surface area contributed by atoms with Crippen LogP contribution in [-0.4, -0.2) is 22.4 Å². The molecule has 0 bridgehead atoms. The first-order valence-electron chi connectivity index (χ1n) is 6.68. The van der Waals surface area contributed by atoms with Gasteiger partial charge in [0, 0.05) is 17.7 Å². The van der Waals surface area contributed by atoms with E-state index >= 15 is 0 Å². The maximum Gasteiger partial charge on any atom is 0.279 e. The number of non-ortho nitro benzene ring substituents is 1. The Morgan fingerprint density at radius 3 is 2.50 bits per heavy atom. The molecule has 1 saturated carbocycles. The van der Waals surface area contributed by atoms with Gasteiger partial charge in [-0.05, 0) is 37.8 Å². The summed E-state index contributed by atoms with van der Waals surface area (Å²) in [7, 11) is 0. The van der Waals surface area contributed by atoms with Crippen molar-refractivity contribution in [1.29, 1.82) is 0 Å². The van der Waals surface area contributed by atoms with Gasteiger partial charge in [-0.1, -0.05) is 6.92 Å². The van der Waals surface area contributed by atoms with Crippen LogP contribution in [0.25, 0.3) is 0 Å². The third-order valence-corrected chi connectivity index (χ3v) is 3.57. The molecule has 1 unspecified atom stereocenters. The van der Waals surface area contributed by atoms with Gasteiger partial charge >= 0.3 is 0 Å². The summed E-state index contributed by atoms with van der Waals surface area (Å²) in [5.41, 5.74) is 0.146. The summed E-state index contributed by atoms with van der Waals surface area (Å²) in [5.74, 6) is 0.560. The van der Waals surface area contributed by atoms with E-state index in [1.165, 1.54) is 12.1 Å². The molecule has 108 valence electrons. The highest BCUT2D eigenvalue weighted by atomic mass is 16.6. The van der Waals surface area contributed by atoms with Crippen LogP contribution in [0, 0.1) is 26.1 Å². The fourth-order valence-electron chi connectivity index (χ4n) is 2.41. The van der Waals surface area contributed by atoms with Crippen LogP contribution in [-0.2, 0) is 6.42 Å². The molecule has 1 aromatic rings. The molecule has 0 spiro atoms. The summed E-state index contributed by atoms with van der Waals surface area (Å²) in [5, 5.41) is 25.1. The van der Waals surface area contributed by atoms with E-state index in [4.69, 9.17) is 0 Å². The van der Waals surface area contributed by atoms with Crippen LogP contribution in [0.5, 0.6) is 0 Å². The Kier molecular flexibility index (Phi) is 4.29. The van der Waals surface area contributed by atoms with E-state index < -0.39 is 9.85 Å². The zero-order valence-corrected chi connectivity index (χ0v) is 11.2. The van der Waals surface area contributed by atoms with Crippen LogP contribution in [0.4, 0.5) is 11.4 Å². The van der Waals surface area contributed by atoms with Crippen LogP contribution >= 0.6 is 0 Å². The number of likely N-dealkylation sites (N-methyl/N-ethyl adjacent to an activating group) is 1. The van der Waals surface area contributed by atoms with Gasteiger partial charge in [0.1, 0.15) is 0 Å². The highest BCUT2D eigenvalue weighted by Crippen LogP contribution is 2.35. The van der Waals surface area contributed by atoms with Crippen molar-refractivity contribution in [1.82, 2.24) is 5.32 Å². The molecular formula is C13H17N3O4. The third kappa shape index (κ3) is 3.30. The average molecular weight is 279 g/mol. The summed E-state index contributed by atoms with van der Waals surface area (Å²) in [6.45, 7) is 2.81. The van der Waals surface area contributed by atoms with Gasteiger partial charge < -0.3 is 5.32 Å². The molecule has 1 fully saturated rings. The Morgan fingerprint density at radius 1 is 1.30 bits per heavy atom. The van der Waals surface area contributed by atoms with E-state index in [9.17, 15) is 20.2 Å². The smallest absolute Gasteiger partial charge is 0.279 e. The molecule has 1 aliphatic carbocycles. The Hall–Kier alpha value is -2.02. The van der Waals surface area contributed by atoms with Crippen molar-refractivity contribution >= 4 is 11.4 Å². The summed E-state index contributed by atoms with van der Waals surface area (Å²) >= 11 is 0. The van der Waals surface area contributed by atoms with Crippen LogP contribution in [0.15, 0.2) is 18.2 Å². The molecule has 7 heteroatoms. The van der Waals surface area contributed by atoms with E-state index in [1.54, 1.807) is 0 Å². The second kappa shape index (κ2) is 5.96. The number of hydrogen-bond donors (Lipinski definition) is 1. The monoisotopic (exact) mass is 279 g/mol. The molecule has 0 saturated heterocycles. The average Bonchev–Trinajstić information content (AvgIpc) is 3.22. The summed E-state index contributed by atoms with van der Waals surface area (Å²) < 4.78 is 0. The quantitative estimate of drug-likeness (QED) is 0.610. The third-order valence-electron chi connectivity index (χ3n) is 3.57. The van der Waals surface area contributed by atoms with Crippen molar-refractivity contribution < 1.29 is 9.85 Å². The van der Waals surface area contributed by atoms with E-state index in [2.05, 4.69) is 5.32 Å². The lowest BCUT2D eigenvalue weighted by atomic mass is 10.00. The highest BCUT2D eigenvalue weighted by molar-refractivity contribution is 5.49. The van der Waals surface area contributed by atoms with Crippen molar-refractivity contribution in [2.24, 2.45) is 5.92 Å². The number of nitro groups is 2. The van der Waals surface area contributed by atoms with Crippen molar-refractivity contribution in [3.63, 3.8) is 0 Å². The van der Waals surface area contributed by atoms with Crippen LogP contribution in [0.2, 0.25) is 0 Å². The standard InChI is InChI=1S/C13H17N3O4/c1-2-14-12(9-3-4-9)7-10-5-6-11(15(17)18)8-13(10)16(19)20/h5-6,8-9,12,14H,2-4,7H2,1H3. The van der Waals surface area contributed by atoms with Crippen molar-refractivity contribution in [2.45, 2.75) is 32.2 Å². The summed E-state index contributed by atoms with van der Waals surface area (Å²) in [6.07, 6.45) is 2.81. The fraction of sp³-hybridized carbons (Fsp3) is 0.538. The first-order chi connectivity index (χ1) is 9.52. The topological polar surface area (TPSA) is 98.3 Å². The maximum atomic E-state index is 11.1. The Morgan fingerprint density at radius 2 is 2.00 bits per heavy atom. The molecule has 0 radical (unpaired) electrons. The van der Waals surface area contributed by atoms with Gasteiger partial charge in [0.15, 0.2) is 0 Å². The van der Waals surface area contributed by atoms with Crippen LogP contribution in [0.1, 0.15) is 25.3 Å². The summed E-state index contributed by atoms with van der Waals surface area (Å²) in [6, 6.07) is 4.09. The zero-order chi connectivity index (χ0) is 14.7.